The molecule has 0 aliphatic heterocycles. The van der Waals surface area contributed by atoms with E-state index in [0.29, 0.717) is 0 Å². The summed E-state index contributed by atoms with van der Waals surface area (Å²) >= 11 is 0. The van der Waals surface area contributed by atoms with Crippen molar-refractivity contribution in [1.82, 2.24) is 0 Å². The number of hydrogen-bond acceptors (Lipinski definition) is 0. The molecule has 1 unspecified atom stereocenters. The Kier molecular flexibility index (Phi) is 5.95. The van der Waals surface area contributed by atoms with Gasteiger partial charge in [-0.05, 0) is 6.66 Å². The van der Waals surface area contributed by atoms with Crippen molar-refractivity contribution in [3.05, 3.63) is 0 Å². The summed E-state index contributed by atoms with van der Waals surface area (Å²) in [6.45, 7) is 4.50. The summed E-state index contributed by atoms with van der Waals surface area (Å²) in [4.78, 5) is 0. The van der Waals surface area contributed by atoms with Gasteiger partial charge in [0.2, 0.25) is 0 Å². The molecule has 0 saturated heterocycles. The molecule has 1 atom stereocenters. The fourth-order valence-corrected chi connectivity index (χ4v) is 1.06. The molecule has 0 aromatic carbocycles. The molecular weight excluding hydrogens is 89.8 g/mol. The molecule has 0 aliphatic carbocycles. The van der Waals surface area contributed by atoms with Crippen LogP contribution >= 0.6 is 8.58 Å². The molecule has 0 bridgehead atoms. The van der Waals surface area contributed by atoms with Crippen LogP contribution in [0.15, 0.2) is 0 Å². The van der Waals surface area contributed by atoms with Gasteiger partial charge in [0.05, 0.1) is 0 Å². The zero-order valence-electron chi connectivity index (χ0n) is 4.62. The Bertz CT molecular complexity index is 19.5. The third-order valence-corrected chi connectivity index (χ3v) is 1.63. The van der Waals surface area contributed by atoms with Crippen molar-refractivity contribution in [1.29, 1.82) is 0 Å². The van der Waals surface area contributed by atoms with Gasteiger partial charge in [0, 0.05) is 0 Å². The summed E-state index contributed by atoms with van der Waals surface area (Å²) in [6.07, 6.45) is 1.36. The third kappa shape index (κ3) is 4.49. The largest absolute Gasteiger partial charge is 0.133 e. The zero-order chi connectivity index (χ0) is 4.83. The van der Waals surface area contributed by atoms with Crippen LogP contribution in [-0.4, -0.2) is 20.0 Å². The molecule has 0 N–H and O–H groups in total. The molecule has 6 heavy (non-hydrogen) atoms. The molecule has 0 radical (unpaired) electrons. The standard InChI is InChI=1S/C4H12BP/c1-3-5-4-6-2/h5-6H,3-4H2,1-2H3. The smallest absolute Gasteiger partial charge is 0.124 e. The minimum Gasteiger partial charge on any atom is -0.133 e. The minimum atomic E-state index is 1.16. The maximum Gasteiger partial charge on any atom is 0.124 e. The molecule has 0 rings (SSSR count). The first kappa shape index (κ1) is 6.49. The van der Waals surface area contributed by atoms with E-state index in [-0.39, 0.29) is 0 Å². The minimum absolute atomic E-state index is 1.16. The highest BCUT2D eigenvalue weighted by Crippen LogP contribution is 1.98. The summed E-state index contributed by atoms with van der Waals surface area (Å²) < 4.78 is 0. The number of rotatable bonds is 3. The van der Waals surface area contributed by atoms with E-state index in [1.165, 1.54) is 19.7 Å². The maximum atomic E-state index is 2.26. The molecule has 0 aliphatic rings. The van der Waals surface area contributed by atoms with E-state index in [0.717, 1.165) is 8.58 Å². The summed E-state index contributed by atoms with van der Waals surface area (Å²) in [6, 6.07) is 1.44. The molecule has 0 heterocycles. The first-order chi connectivity index (χ1) is 2.91. The normalized spacial score (nSPS) is 10.3. The van der Waals surface area contributed by atoms with Gasteiger partial charge in [-0.2, -0.15) is 0 Å². The monoisotopic (exact) mass is 102 g/mol. The van der Waals surface area contributed by atoms with Crippen molar-refractivity contribution < 1.29 is 0 Å². The molecule has 2 heteroatoms. The number of hydrogen-bond donors (Lipinski definition) is 0. The Morgan fingerprint density at radius 2 is 2.33 bits per heavy atom. The van der Waals surface area contributed by atoms with Gasteiger partial charge in [-0.1, -0.05) is 19.3 Å². The Labute approximate surface area is 42.7 Å². The molecule has 0 aromatic heterocycles. The van der Waals surface area contributed by atoms with Gasteiger partial charge in [0.15, 0.2) is 0 Å². The second-order valence-corrected chi connectivity index (χ2v) is 2.66. The summed E-state index contributed by atoms with van der Waals surface area (Å²) in [5, 5.41) is 0. The molecule has 36 valence electrons. The Morgan fingerprint density at radius 3 is 2.50 bits per heavy atom. The van der Waals surface area contributed by atoms with E-state index in [2.05, 4.69) is 13.6 Å². The van der Waals surface area contributed by atoms with E-state index in [9.17, 15) is 0 Å². The van der Waals surface area contributed by atoms with E-state index in [4.69, 9.17) is 0 Å². The van der Waals surface area contributed by atoms with E-state index in [1.807, 2.05) is 0 Å². The van der Waals surface area contributed by atoms with Crippen LogP contribution in [-0.2, 0) is 0 Å². The lowest BCUT2D eigenvalue weighted by Crippen LogP contribution is -1.86. The summed E-state index contributed by atoms with van der Waals surface area (Å²) in [5.41, 5.74) is 0. The van der Waals surface area contributed by atoms with Crippen LogP contribution in [0.5, 0.6) is 0 Å². The second-order valence-electron chi connectivity index (χ2n) is 1.46. The van der Waals surface area contributed by atoms with Crippen LogP contribution in [0.25, 0.3) is 0 Å². The van der Waals surface area contributed by atoms with Gasteiger partial charge in [-0.3, -0.25) is 0 Å². The molecule has 0 fully saturated rings. The molecular formula is C4H12BP. The predicted octanol–water partition coefficient (Wildman–Crippen LogP) is 1.13. The fourth-order valence-electron chi connectivity index (χ4n) is 0.354. The second kappa shape index (κ2) is 5.49. The third-order valence-electron chi connectivity index (χ3n) is 0.780. The quantitative estimate of drug-likeness (QED) is 0.284. The van der Waals surface area contributed by atoms with Gasteiger partial charge in [0.1, 0.15) is 7.28 Å². The van der Waals surface area contributed by atoms with E-state index in [1.54, 1.807) is 0 Å². The Balaban J connectivity index is 2.34. The van der Waals surface area contributed by atoms with Crippen molar-refractivity contribution in [2.45, 2.75) is 13.2 Å². The van der Waals surface area contributed by atoms with Crippen LogP contribution in [0.3, 0.4) is 0 Å². The van der Waals surface area contributed by atoms with Gasteiger partial charge in [0.25, 0.3) is 0 Å². The first-order valence-electron chi connectivity index (χ1n) is 2.56. The molecule has 0 nitrogen and oxygen atoms in total. The molecule has 0 aromatic rings. The van der Waals surface area contributed by atoms with Crippen LogP contribution in [0, 0.1) is 0 Å². The lowest BCUT2D eigenvalue weighted by Gasteiger charge is -1.83. The summed E-state index contributed by atoms with van der Waals surface area (Å²) in [5.74, 6) is 0. The van der Waals surface area contributed by atoms with Crippen molar-refractivity contribution in [3.63, 3.8) is 0 Å². The Hall–Kier alpha value is 0.495. The molecule has 0 spiro atoms. The van der Waals surface area contributed by atoms with Crippen LogP contribution in [0.2, 0.25) is 6.32 Å². The highest BCUT2D eigenvalue weighted by Gasteiger charge is 1.78. The summed E-state index contributed by atoms with van der Waals surface area (Å²) in [7, 11) is 2.59. The average Bonchev–Trinajstić information content (AvgIpc) is 1.61. The van der Waals surface area contributed by atoms with Crippen molar-refractivity contribution in [3.8, 4) is 0 Å². The highest BCUT2D eigenvalue weighted by atomic mass is 31.1. The van der Waals surface area contributed by atoms with Crippen LogP contribution < -0.4 is 0 Å². The fraction of sp³-hybridized carbons (Fsp3) is 1.00. The van der Waals surface area contributed by atoms with Crippen molar-refractivity contribution >= 4 is 15.9 Å². The van der Waals surface area contributed by atoms with Gasteiger partial charge in [-0.25, -0.2) is 0 Å². The van der Waals surface area contributed by atoms with Crippen LogP contribution in [0.4, 0.5) is 0 Å². The first-order valence-corrected chi connectivity index (χ1v) is 4.27. The van der Waals surface area contributed by atoms with Crippen LogP contribution in [0.1, 0.15) is 6.92 Å². The molecule has 0 amide bonds. The van der Waals surface area contributed by atoms with Gasteiger partial charge >= 0.3 is 0 Å². The predicted molar refractivity (Wildman–Crippen MR) is 36.7 cm³/mol. The van der Waals surface area contributed by atoms with E-state index >= 15 is 0 Å². The van der Waals surface area contributed by atoms with Gasteiger partial charge in [-0.15, -0.1) is 8.58 Å². The average molecular weight is 102 g/mol. The molecule has 0 saturated carbocycles. The SMILES string of the molecule is CCBCPC. The van der Waals surface area contributed by atoms with Crippen molar-refractivity contribution in [2.24, 2.45) is 0 Å². The topological polar surface area (TPSA) is 0 Å². The van der Waals surface area contributed by atoms with E-state index < -0.39 is 0 Å². The van der Waals surface area contributed by atoms with Gasteiger partial charge < -0.3 is 0 Å². The lowest BCUT2D eigenvalue weighted by molar-refractivity contribution is 1.45. The maximum absolute atomic E-state index is 2.26. The highest BCUT2D eigenvalue weighted by molar-refractivity contribution is 7.39. The zero-order valence-corrected chi connectivity index (χ0v) is 5.62. The Morgan fingerprint density at radius 1 is 1.67 bits per heavy atom. The van der Waals surface area contributed by atoms with Crippen molar-refractivity contribution in [2.75, 3.05) is 12.7 Å². The lowest BCUT2D eigenvalue weighted by atomic mass is 9.79.